The molecule has 2 atom stereocenters. The second kappa shape index (κ2) is 5.08. The third-order valence-electron chi connectivity index (χ3n) is 4.26. The molecule has 3 nitrogen and oxygen atoms in total. The Labute approximate surface area is 113 Å². The zero-order chi connectivity index (χ0) is 13.2. The number of carbonyl (C=O) groups is 1. The van der Waals surface area contributed by atoms with Crippen LogP contribution in [0.1, 0.15) is 43.0 Å². The van der Waals surface area contributed by atoms with E-state index in [2.05, 4.69) is 17.2 Å². The second-order valence-electron chi connectivity index (χ2n) is 5.59. The molecule has 2 unspecified atom stereocenters. The lowest BCUT2D eigenvalue weighted by molar-refractivity contribution is 0.0912. The van der Waals surface area contributed by atoms with Crippen LogP contribution in [0, 0.1) is 5.92 Å². The van der Waals surface area contributed by atoms with Crippen LogP contribution >= 0.6 is 0 Å². The molecule has 0 aliphatic heterocycles. The summed E-state index contributed by atoms with van der Waals surface area (Å²) in [5.74, 6) is 0.638. The molecule has 1 fully saturated rings. The molecule has 2 aromatic rings. The molecular weight excluding hydrogens is 236 g/mol. The number of aromatic nitrogens is 1. The number of hydrogen-bond acceptors (Lipinski definition) is 1. The number of hydrogen-bond donors (Lipinski definition) is 2. The van der Waals surface area contributed by atoms with Crippen LogP contribution in [-0.2, 0) is 0 Å². The third-order valence-corrected chi connectivity index (χ3v) is 4.26. The van der Waals surface area contributed by atoms with Crippen molar-refractivity contribution >= 4 is 16.8 Å². The summed E-state index contributed by atoms with van der Waals surface area (Å²) < 4.78 is 0. The molecule has 1 heterocycles. The average Bonchev–Trinajstić information content (AvgIpc) is 2.85. The molecule has 3 rings (SSSR count). The second-order valence-corrected chi connectivity index (χ2v) is 5.59. The predicted molar refractivity (Wildman–Crippen MR) is 77.2 cm³/mol. The molecule has 2 N–H and O–H groups in total. The average molecular weight is 256 g/mol. The first-order valence-electron chi connectivity index (χ1n) is 7.12. The van der Waals surface area contributed by atoms with Crippen molar-refractivity contribution in [1.29, 1.82) is 0 Å². The van der Waals surface area contributed by atoms with Crippen LogP contribution in [0.5, 0.6) is 0 Å². The molecular formula is C16H20N2O. The molecule has 3 heteroatoms. The highest BCUT2D eigenvalue weighted by molar-refractivity contribution is 6.06. The van der Waals surface area contributed by atoms with E-state index >= 15 is 0 Å². The number of rotatable bonds is 2. The van der Waals surface area contributed by atoms with Crippen molar-refractivity contribution in [3.8, 4) is 0 Å². The Morgan fingerprint density at radius 1 is 1.26 bits per heavy atom. The van der Waals surface area contributed by atoms with Crippen LogP contribution < -0.4 is 5.32 Å². The van der Waals surface area contributed by atoms with Crippen molar-refractivity contribution in [2.24, 2.45) is 5.92 Å². The van der Waals surface area contributed by atoms with Gasteiger partial charge in [0.05, 0.1) is 5.56 Å². The summed E-state index contributed by atoms with van der Waals surface area (Å²) in [7, 11) is 0. The molecule has 0 spiro atoms. The first-order valence-corrected chi connectivity index (χ1v) is 7.12. The predicted octanol–water partition coefficient (Wildman–Crippen LogP) is 3.48. The van der Waals surface area contributed by atoms with Gasteiger partial charge in [-0.25, -0.2) is 0 Å². The van der Waals surface area contributed by atoms with Gasteiger partial charge >= 0.3 is 0 Å². The first-order chi connectivity index (χ1) is 9.25. The van der Waals surface area contributed by atoms with Gasteiger partial charge in [0.15, 0.2) is 0 Å². The third kappa shape index (κ3) is 2.37. The zero-order valence-electron chi connectivity index (χ0n) is 11.3. The minimum absolute atomic E-state index is 0.0520. The first kappa shape index (κ1) is 12.3. The Bertz CT molecular complexity index is 587. The normalized spacial score (nSPS) is 23.4. The number of aromatic amines is 1. The van der Waals surface area contributed by atoms with Gasteiger partial charge in [-0.15, -0.1) is 0 Å². The lowest BCUT2D eigenvalue weighted by atomic mass is 9.86. The van der Waals surface area contributed by atoms with Gasteiger partial charge in [-0.05, 0) is 24.8 Å². The van der Waals surface area contributed by atoms with Gasteiger partial charge in [0.1, 0.15) is 0 Å². The fourth-order valence-electron chi connectivity index (χ4n) is 3.04. The van der Waals surface area contributed by atoms with Gasteiger partial charge in [0, 0.05) is 23.1 Å². The number of benzene rings is 1. The molecule has 0 bridgehead atoms. The molecule has 0 radical (unpaired) electrons. The zero-order valence-corrected chi connectivity index (χ0v) is 11.3. The Balaban J connectivity index is 1.80. The molecule has 1 aromatic carbocycles. The minimum Gasteiger partial charge on any atom is -0.360 e. The lowest BCUT2D eigenvalue weighted by Gasteiger charge is -2.29. The molecule has 1 aliphatic rings. The Morgan fingerprint density at radius 3 is 2.89 bits per heavy atom. The van der Waals surface area contributed by atoms with Gasteiger partial charge in [-0.2, -0.15) is 0 Å². The quantitative estimate of drug-likeness (QED) is 0.849. The van der Waals surface area contributed by atoms with Crippen molar-refractivity contribution in [1.82, 2.24) is 10.3 Å². The van der Waals surface area contributed by atoms with Crippen molar-refractivity contribution in [2.75, 3.05) is 0 Å². The molecule has 1 saturated carbocycles. The van der Waals surface area contributed by atoms with Crippen molar-refractivity contribution < 1.29 is 4.79 Å². The molecule has 1 aromatic heterocycles. The smallest absolute Gasteiger partial charge is 0.253 e. The summed E-state index contributed by atoms with van der Waals surface area (Å²) in [4.78, 5) is 15.6. The van der Waals surface area contributed by atoms with E-state index in [0.717, 1.165) is 22.9 Å². The Morgan fingerprint density at radius 2 is 2.05 bits per heavy atom. The summed E-state index contributed by atoms with van der Waals surface area (Å²) in [6.45, 7) is 2.24. The molecule has 1 amide bonds. The van der Waals surface area contributed by atoms with Crippen LogP contribution in [0.3, 0.4) is 0 Å². The molecule has 19 heavy (non-hydrogen) atoms. The summed E-state index contributed by atoms with van der Waals surface area (Å²) in [6.07, 6.45) is 6.66. The van der Waals surface area contributed by atoms with Crippen LogP contribution in [0.15, 0.2) is 30.5 Å². The maximum absolute atomic E-state index is 12.4. The maximum Gasteiger partial charge on any atom is 0.253 e. The van der Waals surface area contributed by atoms with Crippen LogP contribution in [0.2, 0.25) is 0 Å². The van der Waals surface area contributed by atoms with Crippen LogP contribution in [0.4, 0.5) is 0 Å². The van der Waals surface area contributed by atoms with E-state index < -0.39 is 0 Å². The standard InChI is InChI=1S/C16H20N2O/c1-11-6-2-4-8-14(11)18-16(19)13-10-17-15-9-5-3-7-12(13)15/h3,5,7,9-11,14,17H,2,4,6,8H2,1H3,(H,18,19). The highest BCUT2D eigenvalue weighted by Gasteiger charge is 2.24. The van der Waals surface area contributed by atoms with Crippen molar-refractivity contribution in [2.45, 2.75) is 38.6 Å². The van der Waals surface area contributed by atoms with Crippen molar-refractivity contribution in [3.63, 3.8) is 0 Å². The number of fused-ring (bicyclic) bond motifs is 1. The highest BCUT2D eigenvalue weighted by atomic mass is 16.1. The summed E-state index contributed by atoms with van der Waals surface area (Å²) in [6, 6.07) is 8.26. The number of para-hydroxylation sites is 1. The van der Waals surface area contributed by atoms with Gasteiger partial charge in [0.2, 0.25) is 0 Å². The van der Waals surface area contributed by atoms with E-state index in [9.17, 15) is 4.79 Å². The maximum atomic E-state index is 12.4. The van der Waals surface area contributed by atoms with E-state index in [-0.39, 0.29) is 5.91 Å². The van der Waals surface area contributed by atoms with E-state index in [1.54, 1.807) is 0 Å². The van der Waals surface area contributed by atoms with Gasteiger partial charge < -0.3 is 10.3 Å². The summed E-state index contributed by atoms with van der Waals surface area (Å²) >= 11 is 0. The molecule has 1 aliphatic carbocycles. The fourth-order valence-corrected chi connectivity index (χ4v) is 3.04. The Kier molecular flexibility index (Phi) is 3.28. The van der Waals surface area contributed by atoms with Gasteiger partial charge in [-0.1, -0.05) is 38.0 Å². The minimum atomic E-state index is 0.0520. The lowest BCUT2D eigenvalue weighted by Crippen LogP contribution is -2.40. The van der Waals surface area contributed by atoms with Crippen LogP contribution in [0.25, 0.3) is 10.9 Å². The summed E-state index contributed by atoms with van der Waals surface area (Å²) in [5, 5.41) is 4.21. The topological polar surface area (TPSA) is 44.9 Å². The number of amides is 1. The van der Waals surface area contributed by atoms with Gasteiger partial charge in [0.25, 0.3) is 5.91 Å². The molecule has 0 saturated heterocycles. The van der Waals surface area contributed by atoms with E-state index in [1.165, 1.54) is 19.3 Å². The Hall–Kier alpha value is -1.77. The monoisotopic (exact) mass is 256 g/mol. The fraction of sp³-hybridized carbons (Fsp3) is 0.438. The van der Waals surface area contributed by atoms with E-state index in [4.69, 9.17) is 0 Å². The largest absolute Gasteiger partial charge is 0.360 e. The van der Waals surface area contributed by atoms with E-state index in [1.807, 2.05) is 30.5 Å². The number of carbonyl (C=O) groups excluding carboxylic acids is 1. The highest BCUT2D eigenvalue weighted by Crippen LogP contribution is 2.25. The van der Waals surface area contributed by atoms with E-state index in [0.29, 0.717) is 12.0 Å². The summed E-state index contributed by atoms with van der Waals surface area (Å²) in [5.41, 5.74) is 1.78. The van der Waals surface area contributed by atoms with Gasteiger partial charge in [-0.3, -0.25) is 4.79 Å². The van der Waals surface area contributed by atoms with Crippen LogP contribution in [-0.4, -0.2) is 16.9 Å². The molecule has 100 valence electrons. The van der Waals surface area contributed by atoms with Crippen molar-refractivity contribution in [3.05, 3.63) is 36.0 Å². The number of H-pyrrole nitrogens is 1. The number of nitrogens with one attached hydrogen (secondary N) is 2. The SMILES string of the molecule is CC1CCCCC1NC(=O)c1c[nH]c2ccccc12.